The predicted octanol–water partition coefficient (Wildman–Crippen LogP) is 3.17. The SMILES string of the molecule is NS(=O)(=O)c1cc(C(=O)SCF)c(CCc2ccco2)cc1Cl. The standard InChI is InChI=1S/C14H13ClFNO4S2/c15-12-6-9(3-4-10-2-1-5-21-10)11(14(18)22-8-16)7-13(12)23(17,19)20/h1-2,5-7H,3-4,8H2,(H2,17,19,20). The molecular formula is C14H13ClFNO4S2. The summed E-state index contributed by atoms with van der Waals surface area (Å²) in [5, 5.41) is 4.42. The summed E-state index contributed by atoms with van der Waals surface area (Å²) in [6, 6.07) is 5.07. The number of hydrogen-bond donors (Lipinski definition) is 1. The Morgan fingerprint density at radius 3 is 2.65 bits per heavy atom. The van der Waals surface area contributed by atoms with Gasteiger partial charge in [-0.05, 0) is 48.0 Å². The van der Waals surface area contributed by atoms with Crippen LogP contribution in [0.25, 0.3) is 0 Å². The molecule has 9 heteroatoms. The zero-order valence-electron chi connectivity index (χ0n) is 11.8. The van der Waals surface area contributed by atoms with Gasteiger partial charge >= 0.3 is 0 Å². The van der Waals surface area contributed by atoms with E-state index in [1.54, 1.807) is 12.1 Å². The number of thioether (sulfide) groups is 1. The maximum absolute atomic E-state index is 12.4. The monoisotopic (exact) mass is 377 g/mol. The Kier molecular flexibility index (Phi) is 5.85. The van der Waals surface area contributed by atoms with E-state index in [-0.39, 0.29) is 15.5 Å². The largest absolute Gasteiger partial charge is 0.469 e. The van der Waals surface area contributed by atoms with Crippen molar-refractivity contribution in [2.75, 3.05) is 6.01 Å². The number of aryl methyl sites for hydroxylation is 2. The smallest absolute Gasteiger partial charge is 0.239 e. The number of carbonyl (C=O) groups excluding carboxylic acids is 1. The van der Waals surface area contributed by atoms with Crippen molar-refractivity contribution in [3.63, 3.8) is 0 Å². The Bertz CT molecular complexity index is 806. The average Bonchev–Trinajstić information content (AvgIpc) is 2.97. The third-order valence-electron chi connectivity index (χ3n) is 3.09. The molecule has 0 saturated heterocycles. The summed E-state index contributed by atoms with van der Waals surface area (Å²) in [5.41, 5.74) is 0.581. The van der Waals surface area contributed by atoms with Gasteiger partial charge in [0.2, 0.25) is 15.1 Å². The molecule has 1 aromatic carbocycles. The summed E-state index contributed by atoms with van der Waals surface area (Å²) in [7, 11) is -4.09. The van der Waals surface area contributed by atoms with Crippen molar-refractivity contribution in [1.82, 2.24) is 0 Å². The number of nitrogens with two attached hydrogens (primary N) is 1. The first-order valence-corrected chi connectivity index (χ1v) is 9.34. The second kappa shape index (κ2) is 7.48. The highest BCUT2D eigenvalue weighted by atomic mass is 35.5. The summed E-state index contributed by atoms with van der Waals surface area (Å²) in [5.74, 6) is 0.702. The van der Waals surface area contributed by atoms with Gasteiger partial charge in [-0.25, -0.2) is 17.9 Å². The van der Waals surface area contributed by atoms with Crippen molar-refractivity contribution in [2.24, 2.45) is 5.14 Å². The molecule has 2 rings (SSSR count). The lowest BCUT2D eigenvalue weighted by atomic mass is 10.0. The Balaban J connectivity index is 2.42. The highest BCUT2D eigenvalue weighted by Crippen LogP contribution is 2.28. The van der Waals surface area contributed by atoms with E-state index in [9.17, 15) is 17.6 Å². The van der Waals surface area contributed by atoms with Gasteiger partial charge in [-0.15, -0.1) is 0 Å². The summed E-state index contributed by atoms with van der Waals surface area (Å²) in [6.07, 6.45) is 2.39. The normalized spacial score (nSPS) is 11.6. The topological polar surface area (TPSA) is 90.4 Å². The number of carbonyl (C=O) groups is 1. The first-order chi connectivity index (χ1) is 10.8. The van der Waals surface area contributed by atoms with E-state index in [4.69, 9.17) is 21.2 Å². The second-order valence-electron chi connectivity index (χ2n) is 4.61. The van der Waals surface area contributed by atoms with E-state index in [0.29, 0.717) is 35.9 Å². The van der Waals surface area contributed by atoms with Crippen molar-refractivity contribution in [2.45, 2.75) is 17.7 Å². The Morgan fingerprint density at radius 2 is 2.09 bits per heavy atom. The van der Waals surface area contributed by atoms with E-state index < -0.39 is 21.1 Å². The van der Waals surface area contributed by atoms with Crippen LogP contribution in [0.2, 0.25) is 5.02 Å². The molecule has 1 aromatic heterocycles. The fourth-order valence-electron chi connectivity index (χ4n) is 2.05. The molecule has 23 heavy (non-hydrogen) atoms. The number of hydrogen-bond acceptors (Lipinski definition) is 5. The molecule has 0 saturated carbocycles. The molecule has 0 aliphatic heterocycles. The molecule has 0 atom stereocenters. The van der Waals surface area contributed by atoms with Gasteiger partial charge in [-0.2, -0.15) is 0 Å². The fourth-order valence-corrected chi connectivity index (χ4v) is 3.62. The summed E-state index contributed by atoms with van der Waals surface area (Å²) in [4.78, 5) is 11.7. The van der Waals surface area contributed by atoms with Crippen LogP contribution in [-0.4, -0.2) is 19.5 Å². The third kappa shape index (κ3) is 4.57. The van der Waals surface area contributed by atoms with Gasteiger partial charge in [0, 0.05) is 12.0 Å². The first kappa shape index (κ1) is 18.0. The summed E-state index contributed by atoms with van der Waals surface area (Å²) < 4.78 is 40.7. The zero-order valence-corrected chi connectivity index (χ0v) is 14.2. The number of halogens is 2. The fraction of sp³-hybridized carbons (Fsp3) is 0.214. The molecule has 0 bridgehead atoms. The maximum Gasteiger partial charge on any atom is 0.239 e. The molecule has 1 heterocycles. The van der Waals surface area contributed by atoms with Crippen LogP contribution in [0, 0.1) is 0 Å². The number of alkyl halides is 1. The molecule has 0 fully saturated rings. The average molecular weight is 378 g/mol. The van der Waals surface area contributed by atoms with Crippen molar-refractivity contribution in [3.8, 4) is 0 Å². The Labute approximate surface area is 142 Å². The number of rotatable bonds is 6. The second-order valence-corrected chi connectivity index (χ2v) is 7.42. The van der Waals surface area contributed by atoms with Gasteiger partial charge in [-0.3, -0.25) is 4.79 Å². The summed E-state index contributed by atoms with van der Waals surface area (Å²) >= 11 is 6.39. The van der Waals surface area contributed by atoms with E-state index in [0.717, 1.165) is 6.07 Å². The van der Waals surface area contributed by atoms with Crippen molar-refractivity contribution < 1.29 is 22.0 Å². The first-order valence-electron chi connectivity index (χ1n) is 6.43. The van der Waals surface area contributed by atoms with Gasteiger partial charge in [0.1, 0.15) is 16.7 Å². The molecule has 0 radical (unpaired) electrons. The van der Waals surface area contributed by atoms with Crippen LogP contribution in [0.4, 0.5) is 4.39 Å². The molecule has 0 spiro atoms. The lowest BCUT2D eigenvalue weighted by molar-refractivity contribution is 0.108. The molecule has 0 amide bonds. The quantitative estimate of drug-likeness (QED) is 0.834. The van der Waals surface area contributed by atoms with Crippen LogP contribution in [0.3, 0.4) is 0 Å². The highest BCUT2D eigenvalue weighted by molar-refractivity contribution is 8.14. The van der Waals surface area contributed by atoms with Gasteiger partial charge < -0.3 is 4.42 Å². The Morgan fingerprint density at radius 1 is 1.35 bits per heavy atom. The number of sulfonamides is 1. The van der Waals surface area contributed by atoms with Gasteiger partial charge in [0.25, 0.3) is 0 Å². The molecular weight excluding hydrogens is 365 g/mol. The molecule has 2 aromatic rings. The van der Waals surface area contributed by atoms with E-state index in [2.05, 4.69) is 0 Å². The van der Waals surface area contributed by atoms with Crippen molar-refractivity contribution in [3.05, 3.63) is 52.4 Å². The summed E-state index contributed by atoms with van der Waals surface area (Å²) in [6.45, 7) is 0. The lowest BCUT2D eigenvalue weighted by Crippen LogP contribution is -2.15. The number of primary sulfonamides is 1. The lowest BCUT2D eigenvalue weighted by Gasteiger charge is -2.11. The van der Waals surface area contributed by atoms with E-state index >= 15 is 0 Å². The van der Waals surface area contributed by atoms with Crippen LogP contribution in [0.15, 0.2) is 39.8 Å². The van der Waals surface area contributed by atoms with Gasteiger partial charge in [0.05, 0.1) is 11.3 Å². The molecule has 5 nitrogen and oxygen atoms in total. The van der Waals surface area contributed by atoms with E-state index in [1.165, 1.54) is 12.3 Å². The number of benzene rings is 1. The molecule has 0 unspecified atom stereocenters. The van der Waals surface area contributed by atoms with Crippen LogP contribution in [-0.2, 0) is 22.9 Å². The van der Waals surface area contributed by atoms with E-state index in [1.807, 2.05) is 0 Å². The van der Waals surface area contributed by atoms with Gasteiger partial charge in [0.15, 0.2) is 0 Å². The van der Waals surface area contributed by atoms with Crippen LogP contribution in [0.5, 0.6) is 0 Å². The van der Waals surface area contributed by atoms with Crippen LogP contribution >= 0.6 is 23.4 Å². The minimum absolute atomic E-state index is 0.0765. The molecule has 0 aliphatic rings. The van der Waals surface area contributed by atoms with Gasteiger partial charge in [-0.1, -0.05) is 11.6 Å². The highest BCUT2D eigenvalue weighted by Gasteiger charge is 2.21. The Hall–Kier alpha value is -1.35. The zero-order chi connectivity index (χ0) is 17.0. The minimum Gasteiger partial charge on any atom is -0.469 e. The maximum atomic E-state index is 12.4. The van der Waals surface area contributed by atoms with Crippen LogP contribution < -0.4 is 5.14 Å². The minimum atomic E-state index is -4.09. The van der Waals surface area contributed by atoms with Crippen molar-refractivity contribution >= 4 is 38.5 Å². The predicted molar refractivity (Wildman–Crippen MR) is 86.8 cm³/mol. The van der Waals surface area contributed by atoms with Crippen molar-refractivity contribution in [1.29, 1.82) is 0 Å². The number of furan rings is 1. The molecule has 124 valence electrons. The van der Waals surface area contributed by atoms with Crippen LogP contribution in [0.1, 0.15) is 21.7 Å². The molecule has 0 aliphatic carbocycles. The molecule has 2 N–H and O–H groups in total. The third-order valence-corrected chi connectivity index (χ3v) is 5.06.